The molecule has 0 saturated carbocycles. The molecule has 0 amide bonds. The predicted molar refractivity (Wildman–Crippen MR) is 65.7 cm³/mol. The van der Waals surface area contributed by atoms with E-state index < -0.39 is 0 Å². The van der Waals surface area contributed by atoms with Crippen LogP contribution in [0.15, 0.2) is 24.3 Å². The lowest BCUT2D eigenvalue weighted by Crippen LogP contribution is -2.08. The van der Waals surface area contributed by atoms with E-state index in [9.17, 15) is 4.79 Å². The third-order valence-corrected chi connectivity index (χ3v) is 2.90. The molecule has 1 aromatic rings. The first-order chi connectivity index (χ1) is 7.67. The van der Waals surface area contributed by atoms with Crippen molar-refractivity contribution >= 4 is 6.29 Å². The Kier molecular flexibility index (Phi) is 5.20. The number of methoxy groups -OCH3 is 1. The van der Waals surface area contributed by atoms with Gasteiger partial charge in [-0.3, -0.25) is 0 Å². The monoisotopic (exact) mass is 220 g/mol. The molecule has 1 aromatic carbocycles. The quantitative estimate of drug-likeness (QED) is 0.689. The summed E-state index contributed by atoms with van der Waals surface area (Å²) in [6.07, 6.45) is 2.72. The number of aldehydes is 1. The molecule has 0 radical (unpaired) electrons. The number of rotatable bonds is 6. The van der Waals surface area contributed by atoms with Gasteiger partial charge in [0.25, 0.3) is 0 Å². The highest BCUT2D eigenvalue weighted by molar-refractivity contribution is 5.51. The molecule has 0 fully saturated rings. The van der Waals surface area contributed by atoms with Gasteiger partial charge in [-0.15, -0.1) is 0 Å². The van der Waals surface area contributed by atoms with Crippen LogP contribution in [0.5, 0.6) is 0 Å². The second-order valence-corrected chi connectivity index (χ2v) is 4.30. The molecule has 1 rings (SSSR count). The SMILES string of the molecule is COC(C)Cc1cccc(C(C)CC=O)c1. The lowest BCUT2D eigenvalue weighted by molar-refractivity contribution is -0.108. The zero-order valence-corrected chi connectivity index (χ0v) is 10.3. The molecule has 0 aliphatic rings. The Balaban J connectivity index is 2.74. The fourth-order valence-corrected chi connectivity index (χ4v) is 1.72. The van der Waals surface area contributed by atoms with Crippen LogP contribution in [0.3, 0.4) is 0 Å². The van der Waals surface area contributed by atoms with E-state index in [0.717, 1.165) is 12.7 Å². The van der Waals surface area contributed by atoms with Crippen molar-refractivity contribution in [3.63, 3.8) is 0 Å². The van der Waals surface area contributed by atoms with Crippen LogP contribution in [0.4, 0.5) is 0 Å². The topological polar surface area (TPSA) is 26.3 Å². The molecule has 2 heteroatoms. The summed E-state index contributed by atoms with van der Waals surface area (Å²) in [7, 11) is 1.73. The van der Waals surface area contributed by atoms with Crippen molar-refractivity contribution in [2.45, 2.75) is 38.7 Å². The first kappa shape index (κ1) is 12.9. The van der Waals surface area contributed by atoms with Crippen molar-refractivity contribution in [3.8, 4) is 0 Å². The molecule has 0 N–H and O–H groups in total. The third kappa shape index (κ3) is 3.78. The van der Waals surface area contributed by atoms with Crippen LogP contribution in [0.1, 0.15) is 37.3 Å². The molecular weight excluding hydrogens is 200 g/mol. The smallest absolute Gasteiger partial charge is 0.120 e. The minimum Gasteiger partial charge on any atom is -0.381 e. The van der Waals surface area contributed by atoms with Gasteiger partial charge in [0.1, 0.15) is 6.29 Å². The molecule has 88 valence electrons. The Morgan fingerprint density at radius 1 is 1.38 bits per heavy atom. The van der Waals surface area contributed by atoms with Crippen LogP contribution in [0.2, 0.25) is 0 Å². The van der Waals surface area contributed by atoms with Gasteiger partial charge in [-0.1, -0.05) is 31.2 Å². The van der Waals surface area contributed by atoms with Gasteiger partial charge in [0.2, 0.25) is 0 Å². The second-order valence-electron chi connectivity index (χ2n) is 4.30. The molecule has 0 aromatic heterocycles. The minimum atomic E-state index is 0.233. The zero-order valence-electron chi connectivity index (χ0n) is 10.3. The normalized spacial score (nSPS) is 14.4. The van der Waals surface area contributed by atoms with Crippen molar-refractivity contribution in [2.24, 2.45) is 0 Å². The Labute approximate surface area is 97.6 Å². The number of ether oxygens (including phenoxy) is 1. The van der Waals surface area contributed by atoms with E-state index in [4.69, 9.17) is 4.74 Å². The molecular formula is C14H20O2. The van der Waals surface area contributed by atoms with E-state index in [2.05, 4.69) is 32.0 Å². The summed E-state index contributed by atoms with van der Waals surface area (Å²) in [5.41, 5.74) is 2.50. The molecule has 2 unspecified atom stereocenters. The van der Waals surface area contributed by atoms with Crippen molar-refractivity contribution in [2.75, 3.05) is 7.11 Å². The average Bonchev–Trinajstić information content (AvgIpc) is 2.29. The molecule has 16 heavy (non-hydrogen) atoms. The van der Waals surface area contributed by atoms with Crippen LogP contribution in [-0.4, -0.2) is 19.5 Å². The summed E-state index contributed by atoms with van der Waals surface area (Å²) < 4.78 is 5.25. The van der Waals surface area contributed by atoms with Crippen molar-refractivity contribution in [1.82, 2.24) is 0 Å². The molecule has 2 nitrogen and oxygen atoms in total. The lowest BCUT2D eigenvalue weighted by Gasteiger charge is -2.13. The predicted octanol–water partition coefficient (Wildman–Crippen LogP) is 2.96. The average molecular weight is 220 g/mol. The summed E-state index contributed by atoms with van der Waals surface area (Å²) >= 11 is 0. The summed E-state index contributed by atoms with van der Waals surface area (Å²) in [5.74, 6) is 0.301. The van der Waals surface area contributed by atoms with Gasteiger partial charge < -0.3 is 9.53 Å². The van der Waals surface area contributed by atoms with Crippen molar-refractivity contribution in [3.05, 3.63) is 35.4 Å². The minimum absolute atomic E-state index is 0.233. The van der Waals surface area contributed by atoms with Crippen LogP contribution < -0.4 is 0 Å². The molecule has 0 saturated heterocycles. The maximum absolute atomic E-state index is 10.5. The highest BCUT2D eigenvalue weighted by Crippen LogP contribution is 2.19. The Bertz CT molecular complexity index is 333. The van der Waals surface area contributed by atoms with Gasteiger partial charge in [0.05, 0.1) is 6.10 Å². The lowest BCUT2D eigenvalue weighted by atomic mass is 9.95. The molecule has 0 bridgehead atoms. The number of benzene rings is 1. The maximum atomic E-state index is 10.5. The van der Waals surface area contributed by atoms with Gasteiger partial charge >= 0.3 is 0 Å². The summed E-state index contributed by atoms with van der Waals surface area (Å²) in [4.78, 5) is 10.5. The Morgan fingerprint density at radius 3 is 2.75 bits per heavy atom. The molecule has 2 atom stereocenters. The first-order valence-corrected chi connectivity index (χ1v) is 5.72. The fraction of sp³-hybridized carbons (Fsp3) is 0.500. The third-order valence-electron chi connectivity index (χ3n) is 2.90. The Morgan fingerprint density at radius 2 is 2.12 bits per heavy atom. The fourth-order valence-electron chi connectivity index (χ4n) is 1.72. The highest BCUT2D eigenvalue weighted by Gasteiger charge is 2.07. The van der Waals surface area contributed by atoms with E-state index in [1.54, 1.807) is 7.11 Å². The van der Waals surface area contributed by atoms with E-state index in [0.29, 0.717) is 12.3 Å². The van der Waals surface area contributed by atoms with Crippen molar-refractivity contribution in [1.29, 1.82) is 0 Å². The standard InChI is InChI=1S/C14H20O2/c1-11(7-8-15)14-6-4-5-13(10-14)9-12(2)16-3/h4-6,8,10-12H,7,9H2,1-3H3. The van der Waals surface area contributed by atoms with Gasteiger partial charge in [-0.25, -0.2) is 0 Å². The van der Waals surface area contributed by atoms with Gasteiger partial charge in [-0.2, -0.15) is 0 Å². The van der Waals surface area contributed by atoms with Gasteiger partial charge in [0.15, 0.2) is 0 Å². The van der Waals surface area contributed by atoms with E-state index in [1.807, 2.05) is 6.07 Å². The van der Waals surface area contributed by atoms with Crippen LogP contribution in [0, 0.1) is 0 Å². The number of carbonyl (C=O) groups is 1. The summed E-state index contributed by atoms with van der Waals surface area (Å²) in [5, 5.41) is 0. The highest BCUT2D eigenvalue weighted by atomic mass is 16.5. The van der Waals surface area contributed by atoms with Gasteiger partial charge in [-0.05, 0) is 30.4 Å². The summed E-state index contributed by atoms with van der Waals surface area (Å²) in [6, 6.07) is 8.40. The van der Waals surface area contributed by atoms with Crippen LogP contribution in [-0.2, 0) is 16.0 Å². The molecule has 0 aliphatic carbocycles. The molecule has 0 spiro atoms. The maximum Gasteiger partial charge on any atom is 0.120 e. The van der Waals surface area contributed by atoms with E-state index >= 15 is 0 Å². The second kappa shape index (κ2) is 6.44. The number of hydrogen-bond acceptors (Lipinski definition) is 2. The largest absolute Gasteiger partial charge is 0.381 e. The van der Waals surface area contributed by atoms with Crippen LogP contribution >= 0.6 is 0 Å². The van der Waals surface area contributed by atoms with Crippen molar-refractivity contribution < 1.29 is 9.53 Å². The first-order valence-electron chi connectivity index (χ1n) is 5.72. The molecule has 0 aliphatic heterocycles. The molecule has 0 heterocycles. The number of carbonyl (C=O) groups excluding carboxylic acids is 1. The summed E-state index contributed by atoms with van der Waals surface area (Å²) in [6.45, 7) is 4.13. The van der Waals surface area contributed by atoms with E-state index in [1.165, 1.54) is 11.1 Å². The zero-order chi connectivity index (χ0) is 12.0. The Hall–Kier alpha value is -1.15. The number of hydrogen-bond donors (Lipinski definition) is 0. The van der Waals surface area contributed by atoms with Crippen LogP contribution in [0.25, 0.3) is 0 Å². The van der Waals surface area contributed by atoms with E-state index in [-0.39, 0.29) is 6.10 Å². The van der Waals surface area contributed by atoms with Gasteiger partial charge in [0, 0.05) is 13.5 Å².